The summed E-state index contributed by atoms with van der Waals surface area (Å²) < 4.78 is 0. The van der Waals surface area contributed by atoms with E-state index < -0.39 is 6.04 Å². The van der Waals surface area contributed by atoms with E-state index in [1.165, 1.54) is 0 Å². The molecule has 2 amide bonds. The Labute approximate surface area is 148 Å². The zero-order chi connectivity index (χ0) is 17.8. The van der Waals surface area contributed by atoms with Gasteiger partial charge >= 0.3 is 0 Å². The van der Waals surface area contributed by atoms with Gasteiger partial charge in [0, 0.05) is 31.0 Å². The summed E-state index contributed by atoms with van der Waals surface area (Å²) in [5.41, 5.74) is 1.73. The third-order valence-electron chi connectivity index (χ3n) is 5.28. The number of piperidine rings is 2. The minimum Gasteiger partial charge on any atom is -0.356 e. The van der Waals surface area contributed by atoms with Crippen molar-refractivity contribution in [2.45, 2.75) is 51.5 Å². The molecular weight excluding hydrogens is 316 g/mol. The molecule has 0 radical (unpaired) electrons. The number of benzene rings is 1. The van der Waals surface area contributed by atoms with E-state index in [2.05, 4.69) is 5.32 Å². The number of nitrogens with one attached hydrogen (secondary N) is 1. The molecule has 0 aliphatic carbocycles. The lowest BCUT2D eigenvalue weighted by Crippen LogP contribution is -2.49. The Morgan fingerprint density at radius 1 is 1.12 bits per heavy atom. The van der Waals surface area contributed by atoms with Crippen LogP contribution in [-0.4, -0.2) is 41.6 Å². The maximum atomic E-state index is 12.9. The highest BCUT2D eigenvalue weighted by atomic mass is 16.2. The van der Waals surface area contributed by atoms with Crippen LogP contribution in [0.1, 0.15) is 54.4 Å². The highest BCUT2D eigenvalue weighted by Crippen LogP contribution is 2.25. The van der Waals surface area contributed by atoms with E-state index in [0.717, 1.165) is 31.2 Å². The minimum atomic E-state index is -0.391. The summed E-state index contributed by atoms with van der Waals surface area (Å²) in [5, 5.41) is 2.83. The predicted octanol–water partition coefficient (Wildman–Crippen LogP) is 2.48. The number of rotatable bonds is 4. The fourth-order valence-corrected chi connectivity index (χ4v) is 3.78. The molecule has 0 spiro atoms. The fraction of sp³-hybridized carbons (Fsp3) is 0.550. The van der Waals surface area contributed by atoms with Gasteiger partial charge in [0.15, 0.2) is 5.78 Å². The predicted molar refractivity (Wildman–Crippen MR) is 95.2 cm³/mol. The SMILES string of the molecule is Cc1ccc(C(=O)N2CCCCC2C(=O)C[C@H]2CCCNC2=O)cc1. The second-order valence-electron chi connectivity index (χ2n) is 7.18. The number of hydrogen-bond donors (Lipinski definition) is 1. The molecule has 2 saturated heterocycles. The van der Waals surface area contributed by atoms with Gasteiger partial charge in [-0.1, -0.05) is 17.7 Å². The van der Waals surface area contributed by atoms with Crippen LogP contribution in [0.2, 0.25) is 0 Å². The smallest absolute Gasteiger partial charge is 0.254 e. The van der Waals surface area contributed by atoms with E-state index in [4.69, 9.17) is 0 Å². The van der Waals surface area contributed by atoms with Gasteiger partial charge in [0.1, 0.15) is 0 Å². The van der Waals surface area contributed by atoms with Crippen molar-refractivity contribution in [3.63, 3.8) is 0 Å². The Balaban J connectivity index is 1.71. The zero-order valence-electron chi connectivity index (χ0n) is 14.8. The number of hydrogen-bond acceptors (Lipinski definition) is 3. The summed E-state index contributed by atoms with van der Waals surface area (Å²) in [5.74, 6) is -0.306. The van der Waals surface area contributed by atoms with Crippen LogP contribution in [0.5, 0.6) is 0 Å². The van der Waals surface area contributed by atoms with E-state index in [1.807, 2.05) is 31.2 Å². The van der Waals surface area contributed by atoms with E-state index >= 15 is 0 Å². The van der Waals surface area contributed by atoms with Crippen molar-refractivity contribution in [3.8, 4) is 0 Å². The van der Waals surface area contributed by atoms with Crippen LogP contribution in [0.3, 0.4) is 0 Å². The molecule has 1 unspecified atom stereocenters. The number of nitrogens with zero attached hydrogens (tertiary/aromatic N) is 1. The number of carbonyl (C=O) groups is 3. The number of ketones is 1. The van der Waals surface area contributed by atoms with Crippen LogP contribution >= 0.6 is 0 Å². The van der Waals surface area contributed by atoms with Gasteiger partial charge in [0.25, 0.3) is 5.91 Å². The monoisotopic (exact) mass is 342 g/mol. The fourth-order valence-electron chi connectivity index (χ4n) is 3.78. The van der Waals surface area contributed by atoms with Gasteiger partial charge in [-0.05, 0) is 51.2 Å². The molecule has 2 aliphatic rings. The molecule has 2 aliphatic heterocycles. The first-order valence-corrected chi connectivity index (χ1v) is 9.24. The van der Waals surface area contributed by atoms with Gasteiger partial charge in [-0.15, -0.1) is 0 Å². The largest absolute Gasteiger partial charge is 0.356 e. The highest BCUT2D eigenvalue weighted by molar-refractivity contribution is 5.99. The van der Waals surface area contributed by atoms with Crippen LogP contribution < -0.4 is 5.32 Å². The third-order valence-corrected chi connectivity index (χ3v) is 5.28. The molecule has 2 heterocycles. The first kappa shape index (κ1) is 17.6. The number of Topliss-reactive ketones (excluding diaryl/α,β-unsaturated/α-hetero) is 1. The Morgan fingerprint density at radius 2 is 1.88 bits per heavy atom. The van der Waals surface area contributed by atoms with Crippen molar-refractivity contribution in [3.05, 3.63) is 35.4 Å². The minimum absolute atomic E-state index is 0.0215. The van der Waals surface area contributed by atoms with Gasteiger partial charge in [0.2, 0.25) is 5.91 Å². The maximum absolute atomic E-state index is 12.9. The number of likely N-dealkylation sites (tertiary alicyclic amines) is 1. The van der Waals surface area contributed by atoms with Crippen LogP contribution in [0.15, 0.2) is 24.3 Å². The number of aryl methyl sites for hydroxylation is 1. The van der Waals surface area contributed by atoms with Crippen molar-refractivity contribution >= 4 is 17.6 Å². The second kappa shape index (κ2) is 7.81. The Kier molecular flexibility index (Phi) is 5.51. The van der Waals surface area contributed by atoms with Crippen LogP contribution in [0.4, 0.5) is 0 Å². The van der Waals surface area contributed by atoms with Crippen molar-refractivity contribution in [1.29, 1.82) is 0 Å². The highest BCUT2D eigenvalue weighted by Gasteiger charge is 2.35. The van der Waals surface area contributed by atoms with Crippen LogP contribution in [0, 0.1) is 12.8 Å². The van der Waals surface area contributed by atoms with Crippen molar-refractivity contribution in [2.24, 2.45) is 5.92 Å². The van der Waals surface area contributed by atoms with Crippen molar-refractivity contribution < 1.29 is 14.4 Å². The molecule has 2 fully saturated rings. The first-order chi connectivity index (χ1) is 12.1. The Morgan fingerprint density at radius 3 is 2.60 bits per heavy atom. The number of amides is 2. The van der Waals surface area contributed by atoms with Crippen LogP contribution in [0.25, 0.3) is 0 Å². The Bertz CT molecular complexity index is 653. The third kappa shape index (κ3) is 4.09. The van der Waals surface area contributed by atoms with Gasteiger partial charge in [-0.25, -0.2) is 0 Å². The molecule has 0 bridgehead atoms. The quantitative estimate of drug-likeness (QED) is 0.914. The molecule has 5 heteroatoms. The van der Waals surface area contributed by atoms with Gasteiger partial charge in [-0.3, -0.25) is 14.4 Å². The lowest BCUT2D eigenvalue weighted by atomic mass is 9.88. The summed E-state index contributed by atoms with van der Waals surface area (Å²) in [6.07, 6.45) is 4.49. The molecule has 5 nitrogen and oxygen atoms in total. The summed E-state index contributed by atoms with van der Waals surface area (Å²) in [7, 11) is 0. The lowest BCUT2D eigenvalue weighted by Gasteiger charge is -2.35. The van der Waals surface area contributed by atoms with Crippen molar-refractivity contribution in [1.82, 2.24) is 10.2 Å². The van der Waals surface area contributed by atoms with Gasteiger partial charge in [-0.2, -0.15) is 0 Å². The molecule has 134 valence electrons. The number of carbonyl (C=O) groups excluding carboxylic acids is 3. The van der Waals surface area contributed by atoms with Gasteiger partial charge in [0.05, 0.1) is 6.04 Å². The normalized spacial score (nSPS) is 23.9. The molecule has 1 aromatic rings. The molecule has 1 aromatic carbocycles. The summed E-state index contributed by atoms with van der Waals surface area (Å²) >= 11 is 0. The maximum Gasteiger partial charge on any atom is 0.254 e. The molecule has 25 heavy (non-hydrogen) atoms. The van der Waals surface area contributed by atoms with Crippen LogP contribution in [-0.2, 0) is 9.59 Å². The topological polar surface area (TPSA) is 66.5 Å². The molecule has 2 atom stereocenters. The molecule has 0 saturated carbocycles. The van der Waals surface area contributed by atoms with Gasteiger partial charge < -0.3 is 10.2 Å². The van der Waals surface area contributed by atoms with E-state index in [0.29, 0.717) is 25.1 Å². The van der Waals surface area contributed by atoms with E-state index in [-0.39, 0.29) is 29.9 Å². The summed E-state index contributed by atoms with van der Waals surface area (Å²) in [6.45, 7) is 3.29. The Hall–Kier alpha value is -2.17. The second-order valence-corrected chi connectivity index (χ2v) is 7.18. The molecule has 3 rings (SSSR count). The van der Waals surface area contributed by atoms with E-state index in [9.17, 15) is 14.4 Å². The molecular formula is C20H26N2O3. The average Bonchev–Trinajstić information content (AvgIpc) is 2.63. The average molecular weight is 342 g/mol. The lowest BCUT2D eigenvalue weighted by molar-refractivity contribution is -0.133. The summed E-state index contributed by atoms with van der Waals surface area (Å²) in [4.78, 5) is 39.4. The molecule has 1 N–H and O–H groups in total. The van der Waals surface area contributed by atoms with E-state index in [1.54, 1.807) is 4.90 Å². The standard InChI is InChI=1S/C20H26N2O3/c1-14-7-9-15(10-8-14)20(25)22-12-3-2-6-17(22)18(23)13-16-5-4-11-21-19(16)24/h7-10,16-17H,2-6,11-13H2,1H3,(H,21,24)/t16-,17?/m1/s1. The summed E-state index contributed by atoms with van der Waals surface area (Å²) in [6, 6.07) is 7.09. The van der Waals surface area contributed by atoms with Crippen molar-refractivity contribution in [2.75, 3.05) is 13.1 Å². The zero-order valence-corrected chi connectivity index (χ0v) is 14.8. The first-order valence-electron chi connectivity index (χ1n) is 9.24. The molecule has 0 aromatic heterocycles.